The predicted molar refractivity (Wildman–Crippen MR) is 86.3 cm³/mol. The summed E-state index contributed by atoms with van der Waals surface area (Å²) in [4.78, 5) is 14.1. The molecule has 5 heteroatoms. The van der Waals surface area contributed by atoms with Crippen molar-refractivity contribution in [2.75, 3.05) is 20.6 Å². The highest BCUT2D eigenvalue weighted by Crippen LogP contribution is 2.16. The third-order valence-corrected chi connectivity index (χ3v) is 4.59. The van der Waals surface area contributed by atoms with Crippen molar-refractivity contribution in [3.8, 4) is 0 Å². The number of nitrogens with one attached hydrogen (secondary N) is 1. The summed E-state index contributed by atoms with van der Waals surface area (Å²) >= 11 is 3.83. The molecule has 1 atom stereocenters. The van der Waals surface area contributed by atoms with Crippen LogP contribution in [0.2, 0.25) is 0 Å². The third-order valence-electron chi connectivity index (χ3n) is 2.80. The lowest BCUT2D eigenvalue weighted by molar-refractivity contribution is 0.0939. The van der Waals surface area contributed by atoms with Crippen molar-refractivity contribution in [1.29, 1.82) is 0 Å². The van der Waals surface area contributed by atoms with Gasteiger partial charge in [-0.05, 0) is 55.1 Å². The SMILES string of the molecule is CC(C)CC(CNC(=O)c1csc(I)c1)N(C)C. The van der Waals surface area contributed by atoms with Crippen LogP contribution >= 0.6 is 33.9 Å². The summed E-state index contributed by atoms with van der Waals surface area (Å²) in [6, 6.07) is 2.32. The van der Waals surface area contributed by atoms with Crippen LogP contribution in [0.3, 0.4) is 0 Å². The molecule has 3 nitrogen and oxygen atoms in total. The number of likely N-dealkylation sites (N-methyl/N-ethyl adjacent to an activating group) is 1. The summed E-state index contributed by atoms with van der Waals surface area (Å²) < 4.78 is 1.14. The van der Waals surface area contributed by atoms with Crippen LogP contribution in [-0.2, 0) is 0 Å². The Labute approximate surface area is 127 Å². The van der Waals surface area contributed by atoms with Gasteiger partial charge in [0.15, 0.2) is 0 Å². The van der Waals surface area contributed by atoms with E-state index in [2.05, 4.69) is 60.8 Å². The fourth-order valence-electron chi connectivity index (χ4n) is 1.76. The van der Waals surface area contributed by atoms with Gasteiger partial charge in [-0.15, -0.1) is 11.3 Å². The van der Waals surface area contributed by atoms with Gasteiger partial charge in [0.2, 0.25) is 0 Å². The zero-order valence-corrected chi connectivity index (χ0v) is 14.3. The molecular formula is C13H21IN2OS. The van der Waals surface area contributed by atoms with Gasteiger partial charge in [0.1, 0.15) is 0 Å². The molecule has 0 saturated carbocycles. The summed E-state index contributed by atoms with van der Waals surface area (Å²) in [5, 5.41) is 4.93. The maximum absolute atomic E-state index is 11.9. The monoisotopic (exact) mass is 380 g/mol. The molecule has 0 aliphatic carbocycles. The van der Waals surface area contributed by atoms with Crippen LogP contribution in [0.25, 0.3) is 0 Å². The molecule has 0 bridgehead atoms. The highest BCUT2D eigenvalue weighted by Gasteiger charge is 2.15. The number of nitrogens with zero attached hydrogens (tertiary/aromatic N) is 1. The van der Waals surface area contributed by atoms with Crippen LogP contribution < -0.4 is 5.32 Å². The number of amides is 1. The van der Waals surface area contributed by atoms with Crippen molar-refractivity contribution in [2.45, 2.75) is 26.3 Å². The van der Waals surface area contributed by atoms with Crippen molar-refractivity contribution in [1.82, 2.24) is 10.2 Å². The molecule has 0 radical (unpaired) electrons. The van der Waals surface area contributed by atoms with Gasteiger partial charge in [-0.1, -0.05) is 13.8 Å². The lowest BCUT2D eigenvalue weighted by Crippen LogP contribution is -2.40. The molecule has 0 aromatic carbocycles. The van der Waals surface area contributed by atoms with E-state index in [1.807, 2.05) is 11.4 Å². The lowest BCUT2D eigenvalue weighted by atomic mass is 10.0. The van der Waals surface area contributed by atoms with Crippen LogP contribution in [0, 0.1) is 8.80 Å². The number of thiophene rings is 1. The molecule has 1 amide bonds. The summed E-state index contributed by atoms with van der Waals surface area (Å²) in [7, 11) is 4.12. The van der Waals surface area contributed by atoms with E-state index in [4.69, 9.17) is 0 Å². The number of rotatable bonds is 6. The van der Waals surface area contributed by atoms with Gasteiger partial charge >= 0.3 is 0 Å². The van der Waals surface area contributed by atoms with E-state index in [0.29, 0.717) is 18.5 Å². The highest BCUT2D eigenvalue weighted by molar-refractivity contribution is 14.1. The number of hydrogen-bond acceptors (Lipinski definition) is 3. The molecule has 0 fully saturated rings. The van der Waals surface area contributed by atoms with Crippen molar-refractivity contribution in [2.24, 2.45) is 5.92 Å². The largest absolute Gasteiger partial charge is 0.350 e. The van der Waals surface area contributed by atoms with E-state index in [1.165, 1.54) is 0 Å². The Morgan fingerprint density at radius 3 is 2.61 bits per heavy atom. The Hall–Kier alpha value is -0.140. The van der Waals surface area contributed by atoms with E-state index in [1.54, 1.807) is 11.3 Å². The summed E-state index contributed by atoms with van der Waals surface area (Å²) in [5.74, 6) is 0.668. The van der Waals surface area contributed by atoms with Crippen LogP contribution in [0.5, 0.6) is 0 Å². The molecule has 18 heavy (non-hydrogen) atoms. The molecule has 1 aromatic heterocycles. The molecule has 1 unspecified atom stereocenters. The maximum atomic E-state index is 11.9. The smallest absolute Gasteiger partial charge is 0.252 e. The molecule has 0 saturated heterocycles. The van der Waals surface area contributed by atoms with Crippen molar-refractivity contribution >= 4 is 39.8 Å². The Bertz CT molecular complexity index is 390. The molecule has 1 aromatic rings. The summed E-state index contributed by atoms with van der Waals surface area (Å²) in [6.45, 7) is 5.12. The maximum Gasteiger partial charge on any atom is 0.252 e. The Morgan fingerprint density at radius 1 is 1.50 bits per heavy atom. The second-order valence-corrected chi connectivity index (χ2v) is 7.90. The average molecular weight is 380 g/mol. The fraction of sp³-hybridized carbons (Fsp3) is 0.615. The standard InChI is InChI=1S/C13H21IN2OS/c1-9(2)5-11(16(3)4)7-15-13(17)10-6-12(14)18-8-10/h6,8-9,11H,5,7H2,1-4H3,(H,15,17). The van der Waals surface area contributed by atoms with E-state index in [-0.39, 0.29) is 5.91 Å². The first-order valence-corrected chi connectivity index (χ1v) is 8.04. The van der Waals surface area contributed by atoms with Gasteiger partial charge in [-0.2, -0.15) is 0 Å². The predicted octanol–water partition coefficient (Wildman–Crippen LogP) is 3.06. The van der Waals surface area contributed by atoms with Gasteiger partial charge in [0.25, 0.3) is 5.91 Å². The lowest BCUT2D eigenvalue weighted by Gasteiger charge is -2.26. The molecule has 102 valence electrons. The van der Waals surface area contributed by atoms with E-state index in [0.717, 1.165) is 14.9 Å². The first-order chi connectivity index (χ1) is 8.40. The van der Waals surface area contributed by atoms with Crippen molar-refractivity contribution in [3.05, 3.63) is 19.9 Å². The summed E-state index contributed by atoms with van der Waals surface area (Å²) in [5.41, 5.74) is 0.770. The summed E-state index contributed by atoms with van der Waals surface area (Å²) in [6.07, 6.45) is 1.09. The first-order valence-electron chi connectivity index (χ1n) is 6.08. The average Bonchev–Trinajstić information content (AvgIpc) is 2.69. The molecule has 1 heterocycles. The van der Waals surface area contributed by atoms with Gasteiger partial charge in [-0.3, -0.25) is 4.79 Å². The highest BCUT2D eigenvalue weighted by atomic mass is 127. The van der Waals surface area contributed by atoms with E-state index < -0.39 is 0 Å². The normalized spacial score (nSPS) is 13.1. The molecule has 0 aliphatic heterocycles. The molecule has 1 N–H and O–H groups in total. The topological polar surface area (TPSA) is 32.3 Å². The number of carbonyl (C=O) groups is 1. The van der Waals surface area contributed by atoms with Crippen LogP contribution in [0.1, 0.15) is 30.6 Å². The van der Waals surface area contributed by atoms with Gasteiger partial charge in [0.05, 0.1) is 8.45 Å². The molecule has 1 rings (SSSR count). The molecular weight excluding hydrogens is 359 g/mol. The minimum atomic E-state index is 0.0322. The van der Waals surface area contributed by atoms with Gasteiger partial charge in [-0.25, -0.2) is 0 Å². The number of halogens is 1. The minimum Gasteiger partial charge on any atom is -0.350 e. The Balaban J connectivity index is 2.49. The number of hydrogen-bond donors (Lipinski definition) is 1. The van der Waals surface area contributed by atoms with Gasteiger partial charge in [0, 0.05) is 18.0 Å². The molecule has 0 aliphatic rings. The second kappa shape index (κ2) is 7.45. The van der Waals surface area contributed by atoms with Gasteiger partial charge < -0.3 is 10.2 Å². The number of carbonyl (C=O) groups excluding carboxylic acids is 1. The second-order valence-electron chi connectivity index (χ2n) is 5.10. The fourth-order valence-corrected chi connectivity index (χ4v) is 3.09. The van der Waals surface area contributed by atoms with Crippen molar-refractivity contribution in [3.63, 3.8) is 0 Å². The zero-order valence-electron chi connectivity index (χ0n) is 11.4. The van der Waals surface area contributed by atoms with Crippen LogP contribution in [0.15, 0.2) is 11.4 Å². The quantitative estimate of drug-likeness (QED) is 0.770. The van der Waals surface area contributed by atoms with Crippen LogP contribution in [0.4, 0.5) is 0 Å². The first kappa shape index (κ1) is 15.9. The Morgan fingerprint density at radius 2 is 2.17 bits per heavy atom. The van der Waals surface area contributed by atoms with Crippen molar-refractivity contribution < 1.29 is 4.79 Å². The third kappa shape index (κ3) is 5.24. The van der Waals surface area contributed by atoms with E-state index >= 15 is 0 Å². The Kier molecular flexibility index (Phi) is 6.59. The van der Waals surface area contributed by atoms with E-state index in [9.17, 15) is 4.79 Å². The minimum absolute atomic E-state index is 0.0322. The van der Waals surface area contributed by atoms with Crippen LogP contribution in [-0.4, -0.2) is 37.5 Å². The zero-order chi connectivity index (χ0) is 13.7. The molecule has 0 spiro atoms.